The first-order valence-electron chi connectivity index (χ1n) is 11.2. The molecule has 1 aromatic heterocycles. The quantitative estimate of drug-likeness (QED) is 0.621. The molecule has 5 rings (SSSR count). The van der Waals surface area contributed by atoms with E-state index < -0.39 is 0 Å². The lowest BCUT2D eigenvalue weighted by Crippen LogP contribution is -2.50. The topological polar surface area (TPSA) is 44.6 Å². The van der Waals surface area contributed by atoms with Crippen molar-refractivity contribution in [1.29, 1.82) is 0 Å². The summed E-state index contributed by atoms with van der Waals surface area (Å²) in [6.45, 7) is 7.13. The summed E-state index contributed by atoms with van der Waals surface area (Å²) in [5, 5.41) is 0. The highest BCUT2D eigenvalue weighted by atomic mass is 16.2. The molecular formula is C25H29N5O. The number of benzene rings is 2. The average molecular weight is 416 g/mol. The molecule has 1 amide bonds. The predicted octanol–water partition coefficient (Wildman–Crippen LogP) is 2.76. The molecule has 0 spiro atoms. The van der Waals surface area contributed by atoms with Crippen LogP contribution in [0.5, 0.6) is 0 Å². The van der Waals surface area contributed by atoms with E-state index in [1.165, 1.54) is 5.56 Å². The number of anilines is 1. The number of nitrogens with zero attached hydrogens (tertiary/aromatic N) is 5. The van der Waals surface area contributed by atoms with Gasteiger partial charge in [0.15, 0.2) is 0 Å². The molecule has 3 heterocycles. The van der Waals surface area contributed by atoms with Gasteiger partial charge in [0.2, 0.25) is 5.91 Å². The number of imidazole rings is 1. The summed E-state index contributed by atoms with van der Waals surface area (Å²) in [6.07, 6.45) is 4.91. The molecule has 1 fully saturated rings. The van der Waals surface area contributed by atoms with E-state index in [4.69, 9.17) is 0 Å². The molecule has 2 aromatic carbocycles. The zero-order valence-corrected chi connectivity index (χ0v) is 17.9. The Morgan fingerprint density at radius 3 is 2.42 bits per heavy atom. The van der Waals surface area contributed by atoms with Crippen LogP contribution in [0.25, 0.3) is 11.4 Å². The second-order valence-electron chi connectivity index (χ2n) is 8.35. The Balaban J connectivity index is 1.10. The van der Waals surface area contributed by atoms with Gasteiger partial charge in [-0.15, -0.1) is 0 Å². The molecule has 0 unspecified atom stereocenters. The summed E-state index contributed by atoms with van der Waals surface area (Å²) in [4.78, 5) is 24.2. The van der Waals surface area contributed by atoms with Crippen molar-refractivity contribution in [1.82, 2.24) is 19.4 Å². The molecule has 6 heteroatoms. The van der Waals surface area contributed by atoms with Gasteiger partial charge in [0.25, 0.3) is 0 Å². The molecule has 160 valence electrons. The Morgan fingerprint density at radius 1 is 0.839 bits per heavy atom. The van der Waals surface area contributed by atoms with Gasteiger partial charge in [-0.25, -0.2) is 4.98 Å². The molecule has 31 heavy (non-hydrogen) atoms. The molecule has 0 aliphatic carbocycles. The van der Waals surface area contributed by atoms with Crippen molar-refractivity contribution in [2.24, 2.45) is 0 Å². The molecule has 0 saturated carbocycles. The minimum Gasteiger partial charge on any atom is -0.330 e. The number of rotatable bonds is 6. The SMILES string of the molecule is O=C(CN1CCN(CCn2ccnc2-c2ccccc2)CC1)N1CCc2ccccc21. The number of amides is 1. The van der Waals surface area contributed by atoms with E-state index in [0.717, 1.165) is 69.3 Å². The monoisotopic (exact) mass is 415 g/mol. The molecular weight excluding hydrogens is 386 g/mol. The first-order chi connectivity index (χ1) is 15.3. The van der Waals surface area contributed by atoms with Gasteiger partial charge in [-0.3, -0.25) is 14.6 Å². The lowest BCUT2D eigenvalue weighted by molar-refractivity contribution is -0.120. The van der Waals surface area contributed by atoms with E-state index in [1.54, 1.807) is 0 Å². The minimum absolute atomic E-state index is 0.226. The normalized spacial score (nSPS) is 17.1. The van der Waals surface area contributed by atoms with Gasteiger partial charge in [0.05, 0.1) is 6.54 Å². The maximum Gasteiger partial charge on any atom is 0.241 e. The maximum absolute atomic E-state index is 12.9. The Kier molecular flexibility index (Phi) is 5.82. The predicted molar refractivity (Wildman–Crippen MR) is 123 cm³/mol. The maximum atomic E-state index is 12.9. The van der Waals surface area contributed by atoms with Crippen LogP contribution in [0.1, 0.15) is 5.56 Å². The molecule has 0 bridgehead atoms. The Hall–Kier alpha value is -2.96. The second kappa shape index (κ2) is 9.04. The van der Waals surface area contributed by atoms with Crippen LogP contribution < -0.4 is 4.90 Å². The van der Waals surface area contributed by atoms with Crippen LogP contribution in [0.4, 0.5) is 5.69 Å². The Bertz CT molecular complexity index is 1020. The standard InChI is InChI=1S/C25H29N5O/c31-24(30-12-10-21-6-4-5-9-23(21)30)20-28-16-14-27(15-17-28)18-19-29-13-11-26-25(29)22-7-2-1-3-8-22/h1-9,11,13H,10,12,14-20H2. The van der Waals surface area contributed by atoms with E-state index >= 15 is 0 Å². The van der Waals surface area contributed by atoms with Crippen molar-refractivity contribution >= 4 is 11.6 Å². The summed E-state index contributed by atoms with van der Waals surface area (Å²) in [5.74, 6) is 1.25. The molecule has 3 aromatic rings. The van der Waals surface area contributed by atoms with Crippen LogP contribution in [-0.4, -0.2) is 71.1 Å². The summed E-state index contributed by atoms with van der Waals surface area (Å²) in [5.41, 5.74) is 3.54. The van der Waals surface area contributed by atoms with Crippen molar-refractivity contribution in [2.75, 3.05) is 50.7 Å². The second-order valence-corrected chi connectivity index (χ2v) is 8.35. The Morgan fingerprint density at radius 2 is 1.58 bits per heavy atom. The lowest BCUT2D eigenvalue weighted by Gasteiger charge is -2.35. The summed E-state index contributed by atoms with van der Waals surface area (Å²) in [6, 6.07) is 18.6. The third kappa shape index (κ3) is 4.40. The van der Waals surface area contributed by atoms with E-state index in [1.807, 2.05) is 23.2 Å². The zero-order chi connectivity index (χ0) is 21.0. The van der Waals surface area contributed by atoms with Gasteiger partial charge in [-0.1, -0.05) is 48.5 Å². The zero-order valence-electron chi connectivity index (χ0n) is 17.9. The number of aromatic nitrogens is 2. The first kappa shape index (κ1) is 20.0. The highest BCUT2D eigenvalue weighted by molar-refractivity contribution is 5.96. The van der Waals surface area contributed by atoms with Crippen LogP contribution in [-0.2, 0) is 17.8 Å². The van der Waals surface area contributed by atoms with E-state index in [0.29, 0.717) is 6.54 Å². The number of carbonyl (C=O) groups is 1. The number of carbonyl (C=O) groups excluding carboxylic acids is 1. The fourth-order valence-corrected chi connectivity index (χ4v) is 4.63. The third-order valence-corrected chi connectivity index (χ3v) is 6.42. The molecule has 0 radical (unpaired) electrons. The fraction of sp³-hybridized carbons (Fsp3) is 0.360. The molecule has 2 aliphatic heterocycles. The number of para-hydroxylation sites is 1. The van der Waals surface area contributed by atoms with Crippen LogP contribution in [0.2, 0.25) is 0 Å². The lowest BCUT2D eigenvalue weighted by atomic mass is 10.2. The van der Waals surface area contributed by atoms with Crippen molar-refractivity contribution in [3.8, 4) is 11.4 Å². The van der Waals surface area contributed by atoms with Crippen molar-refractivity contribution < 1.29 is 4.79 Å². The third-order valence-electron chi connectivity index (χ3n) is 6.42. The summed E-state index contributed by atoms with van der Waals surface area (Å²) >= 11 is 0. The molecule has 0 atom stereocenters. The highest BCUT2D eigenvalue weighted by Crippen LogP contribution is 2.27. The van der Waals surface area contributed by atoms with Crippen LogP contribution in [0.3, 0.4) is 0 Å². The van der Waals surface area contributed by atoms with E-state index in [2.05, 4.69) is 68.0 Å². The molecule has 1 saturated heterocycles. The van der Waals surface area contributed by atoms with Gasteiger partial charge in [0.1, 0.15) is 5.82 Å². The average Bonchev–Trinajstić information content (AvgIpc) is 3.46. The molecule has 6 nitrogen and oxygen atoms in total. The minimum atomic E-state index is 0.226. The number of hydrogen-bond donors (Lipinski definition) is 0. The van der Waals surface area contributed by atoms with E-state index in [-0.39, 0.29) is 5.91 Å². The van der Waals surface area contributed by atoms with Gasteiger partial charge < -0.3 is 9.47 Å². The first-order valence-corrected chi connectivity index (χ1v) is 11.2. The van der Waals surface area contributed by atoms with Crippen LogP contribution in [0, 0.1) is 0 Å². The van der Waals surface area contributed by atoms with Crippen molar-refractivity contribution in [3.63, 3.8) is 0 Å². The fourth-order valence-electron chi connectivity index (χ4n) is 4.63. The van der Waals surface area contributed by atoms with Crippen molar-refractivity contribution in [3.05, 3.63) is 72.6 Å². The largest absolute Gasteiger partial charge is 0.330 e. The summed E-state index contributed by atoms with van der Waals surface area (Å²) < 4.78 is 2.23. The smallest absolute Gasteiger partial charge is 0.241 e. The number of piperazine rings is 1. The highest BCUT2D eigenvalue weighted by Gasteiger charge is 2.26. The van der Waals surface area contributed by atoms with Crippen molar-refractivity contribution in [2.45, 2.75) is 13.0 Å². The summed E-state index contributed by atoms with van der Waals surface area (Å²) in [7, 11) is 0. The number of hydrogen-bond acceptors (Lipinski definition) is 4. The molecule has 0 N–H and O–H groups in total. The van der Waals surface area contributed by atoms with Gasteiger partial charge in [-0.05, 0) is 18.1 Å². The van der Waals surface area contributed by atoms with Gasteiger partial charge in [0, 0.05) is 69.5 Å². The molecule has 2 aliphatic rings. The van der Waals surface area contributed by atoms with Gasteiger partial charge >= 0.3 is 0 Å². The van der Waals surface area contributed by atoms with Crippen LogP contribution >= 0.6 is 0 Å². The number of fused-ring (bicyclic) bond motifs is 1. The van der Waals surface area contributed by atoms with Gasteiger partial charge in [-0.2, -0.15) is 0 Å². The van der Waals surface area contributed by atoms with E-state index in [9.17, 15) is 4.79 Å². The van der Waals surface area contributed by atoms with Crippen LogP contribution in [0.15, 0.2) is 67.0 Å². The Labute approximate surface area is 183 Å².